The highest BCUT2D eigenvalue weighted by Crippen LogP contribution is 2.29. The van der Waals surface area contributed by atoms with Crippen LogP contribution in [0.3, 0.4) is 0 Å². The van der Waals surface area contributed by atoms with Gasteiger partial charge in [-0.05, 0) is 31.6 Å². The zero-order valence-corrected chi connectivity index (χ0v) is 11.0. The lowest BCUT2D eigenvalue weighted by Crippen LogP contribution is -2.43. The average Bonchev–Trinajstić information content (AvgIpc) is 3.05. The van der Waals surface area contributed by atoms with Crippen molar-refractivity contribution in [3.05, 3.63) is 0 Å². The fraction of sp³-hybridized carbons (Fsp3) is 0.846. The summed E-state index contributed by atoms with van der Waals surface area (Å²) in [5, 5.41) is 8.78. The zero-order valence-electron chi connectivity index (χ0n) is 11.0. The van der Waals surface area contributed by atoms with Crippen LogP contribution in [0.25, 0.3) is 0 Å². The van der Waals surface area contributed by atoms with Gasteiger partial charge in [-0.25, -0.2) is 4.79 Å². The van der Waals surface area contributed by atoms with Crippen LogP contribution in [0.4, 0.5) is 4.79 Å². The van der Waals surface area contributed by atoms with Gasteiger partial charge in [0.2, 0.25) is 0 Å². The number of likely N-dealkylation sites (tertiary alicyclic amines) is 1. The van der Waals surface area contributed by atoms with Crippen molar-refractivity contribution >= 4 is 12.0 Å². The van der Waals surface area contributed by atoms with Gasteiger partial charge in [0.1, 0.15) is 0 Å². The van der Waals surface area contributed by atoms with E-state index in [-0.39, 0.29) is 18.4 Å². The number of carbonyl (C=O) groups excluding carboxylic acids is 1. The van der Waals surface area contributed by atoms with E-state index >= 15 is 0 Å². The third-order valence-electron chi connectivity index (χ3n) is 3.72. The Hall–Kier alpha value is -1.26. The minimum Gasteiger partial charge on any atom is -0.481 e. The first-order valence-electron chi connectivity index (χ1n) is 6.89. The predicted octanol–water partition coefficient (Wildman–Crippen LogP) is 1.78. The maximum absolute atomic E-state index is 12.4. The predicted molar refractivity (Wildman–Crippen MR) is 67.3 cm³/mol. The summed E-state index contributed by atoms with van der Waals surface area (Å²) in [7, 11) is 0. The van der Waals surface area contributed by atoms with Crippen LogP contribution in [0.5, 0.6) is 0 Å². The molecule has 2 rings (SSSR count). The van der Waals surface area contributed by atoms with Crippen molar-refractivity contribution in [3.8, 4) is 0 Å². The Kier molecular flexibility index (Phi) is 4.09. The molecule has 2 aliphatic rings. The summed E-state index contributed by atoms with van der Waals surface area (Å²) >= 11 is 0. The topological polar surface area (TPSA) is 60.9 Å². The number of amides is 2. The van der Waals surface area contributed by atoms with Gasteiger partial charge in [0.05, 0.1) is 0 Å². The van der Waals surface area contributed by atoms with E-state index in [4.69, 9.17) is 5.11 Å². The number of carbonyl (C=O) groups is 2. The van der Waals surface area contributed by atoms with Crippen LogP contribution in [0.15, 0.2) is 0 Å². The number of hydrogen-bond acceptors (Lipinski definition) is 2. The van der Waals surface area contributed by atoms with Crippen molar-refractivity contribution in [2.45, 2.75) is 45.1 Å². The normalized spacial score (nSPS) is 23.2. The van der Waals surface area contributed by atoms with Crippen molar-refractivity contribution in [2.24, 2.45) is 5.92 Å². The average molecular weight is 254 g/mol. The van der Waals surface area contributed by atoms with Crippen molar-refractivity contribution < 1.29 is 14.7 Å². The number of urea groups is 1. The van der Waals surface area contributed by atoms with Gasteiger partial charge in [0, 0.05) is 32.1 Å². The number of rotatable bonds is 5. The molecule has 0 spiro atoms. The molecule has 1 saturated heterocycles. The van der Waals surface area contributed by atoms with Crippen molar-refractivity contribution in [2.75, 3.05) is 19.6 Å². The number of nitrogens with zero attached hydrogens (tertiary/aromatic N) is 2. The molecular formula is C13H22N2O3. The van der Waals surface area contributed by atoms with Gasteiger partial charge < -0.3 is 14.9 Å². The number of carboxylic acids is 1. The molecule has 1 atom stereocenters. The second-order valence-corrected chi connectivity index (χ2v) is 5.41. The summed E-state index contributed by atoms with van der Waals surface area (Å²) < 4.78 is 0. The molecule has 5 heteroatoms. The van der Waals surface area contributed by atoms with E-state index in [1.54, 1.807) is 0 Å². The molecule has 0 radical (unpaired) electrons. The van der Waals surface area contributed by atoms with Crippen LogP contribution < -0.4 is 0 Å². The molecule has 1 heterocycles. The van der Waals surface area contributed by atoms with Gasteiger partial charge >= 0.3 is 12.0 Å². The molecule has 0 aromatic heterocycles. The lowest BCUT2D eigenvalue weighted by molar-refractivity contribution is -0.138. The molecular weight excluding hydrogens is 232 g/mol. The fourth-order valence-electron chi connectivity index (χ4n) is 2.66. The van der Waals surface area contributed by atoms with Gasteiger partial charge in [-0.1, -0.05) is 6.92 Å². The van der Waals surface area contributed by atoms with Crippen LogP contribution >= 0.6 is 0 Å². The summed E-state index contributed by atoms with van der Waals surface area (Å²) in [4.78, 5) is 26.8. The third kappa shape index (κ3) is 3.15. The van der Waals surface area contributed by atoms with E-state index in [0.29, 0.717) is 19.1 Å². The van der Waals surface area contributed by atoms with Crippen LogP contribution in [0.2, 0.25) is 0 Å². The number of hydrogen-bond donors (Lipinski definition) is 1. The SMILES string of the molecule is CCCN(C(=O)N1CCC(CC(=O)O)C1)C1CC1. The summed E-state index contributed by atoms with van der Waals surface area (Å²) in [6.07, 6.45) is 4.23. The lowest BCUT2D eigenvalue weighted by atomic mass is 10.1. The largest absolute Gasteiger partial charge is 0.481 e. The Balaban J connectivity index is 1.87. The first kappa shape index (κ1) is 13.2. The summed E-state index contributed by atoms with van der Waals surface area (Å²) in [6, 6.07) is 0.559. The quantitative estimate of drug-likeness (QED) is 0.813. The molecule has 2 fully saturated rings. The number of aliphatic carboxylic acids is 1. The van der Waals surface area contributed by atoms with Crippen molar-refractivity contribution in [3.63, 3.8) is 0 Å². The zero-order chi connectivity index (χ0) is 13.1. The van der Waals surface area contributed by atoms with Crippen molar-refractivity contribution in [1.82, 2.24) is 9.80 Å². The molecule has 18 heavy (non-hydrogen) atoms. The van der Waals surface area contributed by atoms with E-state index in [9.17, 15) is 9.59 Å². The van der Waals surface area contributed by atoms with Crippen LogP contribution in [-0.2, 0) is 4.79 Å². The van der Waals surface area contributed by atoms with Gasteiger partial charge in [0.25, 0.3) is 0 Å². The molecule has 102 valence electrons. The van der Waals surface area contributed by atoms with E-state index < -0.39 is 5.97 Å². The number of carboxylic acid groups (broad SMARTS) is 1. The monoisotopic (exact) mass is 254 g/mol. The molecule has 5 nitrogen and oxygen atoms in total. The maximum atomic E-state index is 12.4. The summed E-state index contributed by atoms with van der Waals surface area (Å²) in [5.74, 6) is -0.629. The molecule has 1 N–H and O–H groups in total. The molecule has 1 aliphatic heterocycles. The third-order valence-corrected chi connectivity index (χ3v) is 3.72. The van der Waals surface area contributed by atoms with Crippen LogP contribution in [0.1, 0.15) is 39.0 Å². The van der Waals surface area contributed by atoms with Crippen LogP contribution in [0, 0.1) is 5.92 Å². The van der Waals surface area contributed by atoms with Crippen LogP contribution in [-0.4, -0.2) is 52.6 Å². The standard InChI is InChI=1S/C13H22N2O3/c1-2-6-15(11-3-4-11)13(18)14-7-5-10(9-14)8-12(16)17/h10-11H,2-9H2,1H3,(H,16,17). The van der Waals surface area contributed by atoms with E-state index in [2.05, 4.69) is 6.92 Å². The minimum atomic E-state index is -0.762. The molecule has 0 bridgehead atoms. The smallest absolute Gasteiger partial charge is 0.320 e. The Morgan fingerprint density at radius 3 is 2.61 bits per heavy atom. The van der Waals surface area contributed by atoms with E-state index in [0.717, 1.165) is 32.2 Å². The second-order valence-electron chi connectivity index (χ2n) is 5.41. The highest BCUT2D eigenvalue weighted by Gasteiger charge is 2.36. The van der Waals surface area contributed by atoms with E-state index in [1.807, 2.05) is 9.80 Å². The van der Waals surface area contributed by atoms with Gasteiger partial charge in [-0.3, -0.25) is 4.79 Å². The minimum absolute atomic E-state index is 0.118. The Morgan fingerprint density at radius 1 is 1.33 bits per heavy atom. The van der Waals surface area contributed by atoms with Gasteiger partial charge in [-0.2, -0.15) is 0 Å². The fourth-order valence-corrected chi connectivity index (χ4v) is 2.66. The molecule has 1 aliphatic carbocycles. The Labute approximate surface area is 108 Å². The summed E-state index contributed by atoms with van der Waals surface area (Å²) in [6.45, 7) is 4.23. The summed E-state index contributed by atoms with van der Waals surface area (Å²) in [5.41, 5.74) is 0. The molecule has 0 aromatic rings. The second kappa shape index (κ2) is 5.59. The molecule has 1 saturated carbocycles. The first-order chi connectivity index (χ1) is 8.61. The Morgan fingerprint density at radius 2 is 2.06 bits per heavy atom. The van der Waals surface area contributed by atoms with Gasteiger partial charge in [-0.15, -0.1) is 0 Å². The highest BCUT2D eigenvalue weighted by atomic mass is 16.4. The molecule has 0 aromatic carbocycles. The molecule has 2 amide bonds. The highest BCUT2D eigenvalue weighted by molar-refractivity contribution is 5.75. The van der Waals surface area contributed by atoms with Gasteiger partial charge in [0.15, 0.2) is 0 Å². The maximum Gasteiger partial charge on any atom is 0.320 e. The first-order valence-corrected chi connectivity index (χ1v) is 6.89. The molecule has 1 unspecified atom stereocenters. The Bertz CT molecular complexity index is 328. The van der Waals surface area contributed by atoms with Crippen molar-refractivity contribution in [1.29, 1.82) is 0 Å². The lowest BCUT2D eigenvalue weighted by Gasteiger charge is -2.27. The van der Waals surface area contributed by atoms with E-state index in [1.165, 1.54) is 0 Å².